The van der Waals surface area contributed by atoms with Crippen molar-refractivity contribution in [1.82, 2.24) is 5.32 Å². The highest BCUT2D eigenvalue weighted by atomic mass is 35.5. The summed E-state index contributed by atoms with van der Waals surface area (Å²) >= 11 is 6.00. The maximum atomic E-state index is 13.1. The van der Waals surface area contributed by atoms with Crippen molar-refractivity contribution in [3.8, 4) is 5.75 Å². The average molecular weight is 504 g/mol. The first-order valence-electron chi connectivity index (χ1n) is 11.0. The molecule has 0 atom stereocenters. The number of halogens is 1. The molecule has 1 aliphatic rings. The van der Waals surface area contributed by atoms with Crippen LogP contribution in [0.1, 0.15) is 16.7 Å². The molecule has 0 aliphatic carbocycles. The second kappa shape index (κ2) is 10.5. The van der Waals surface area contributed by atoms with E-state index in [1.54, 1.807) is 42.5 Å². The number of barbiturate groups is 1. The zero-order valence-corrected chi connectivity index (χ0v) is 20.3. The van der Waals surface area contributed by atoms with Crippen LogP contribution in [0.25, 0.3) is 6.08 Å². The number of nitrogens with one attached hydrogen (secondary N) is 2. The van der Waals surface area contributed by atoms with Gasteiger partial charge in [-0.15, -0.1) is 0 Å². The van der Waals surface area contributed by atoms with E-state index in [0.717, 1.165) is 16.0 Å². The Morgan fingerprint density at radius 2 is 1.78 bits per heavy atom. The van der Waals surface area contributed by atoms with Gasteiger partial charge in [0.15, 0.2) is 6.61 Å². The molecule has 182 valence electrons. The first-order valence-corrected chi connectivity index (χ1v) is 11.4. The maximum absolute atomic E-state index is 13.1. The lowest BCUT2D eigenvalue weighted by atomic mass is 10.1. The molecule has 0 aromatic heterocycles. The number of rotatable bonds is 6. The number of ether oxygens (including phenoxy) is 1. The van der Waals surface area contributed by atoms with Crippen molar-refractivity contribution in [2.24, 2.45) is 0 Å². The number of aryl methyl sites for hydroxylation is 2. The topological polar surface area (TPSA) is 105 Å². The Kier molecular flexibility index (Phi) is 7.17. The number of anilines is 2. The van der Waals surface area contributed by atoms with Gasteiger partial charge < -0.3 is 10.1 Å². The minimum absolute atomic E-state index is 0.218. The van der Waals surface area contributed by atoms with Gasteiger partial charge in [-0.25, -0.2) is 9.69 Å². The molecule has 3 aromatic rings. The molecule has 8 nitrogen and oxygen atoms in total. The van der Waals surface area contributed by atoms with E-state index < -0.39 is 17.8 Å². The Balaban J connectivity index is 1.54. The van der Waals surface area contributed by atoms with Gasteiger partial charge in [-0.3, -0.25) is 19.7 Å². The summed E-state index contributed by atoms with van der Waals surface area (Å²) in [7, 11) is 0. The Morgan fingerprint density at radius 1 is 1.00 bits per heavy atom. The molecule has 5 amide bonds. The third-order valence-corrected chi connectivity index (χ3v) is 5.77. The first kappa shape index (κ1) is 24.7. The summed E-state index contributed by atoms with van der Waals surface area (Å²) in [6.45, 7) is 3.65. The van der Waals surface area contributed by atoms with Gasteiger partial charge in [0.2, 0.25) is 0 Å². The summed E-state index contributed by atoms with van der Waals surface area (Å²) in [5.41, 5.74) is 3.14. The number of hydrogen-bond acceptors (Lipinski definition) is 5. The highest BCUT2D eigenvalue weighted by Gasteiger charge is 2.37. The molecule has 0 saturated carbocycles. The van der Waals surface area contributed by atoms with Gasteiger partial charge in [0.25, 0.3) is 17.7 Å². The van der Waals surface area contributed by atoms with Crippen molar-refractivity contribution in [3.63, 3.8) is 0 Å². The summed E-state index contributed by atoms with van der Waals surface area (Å²) < 4.78 is 5.69. The van der Waals surface area contributed by atoms with E-state index in [4.69, 9.17) is 16.3 Å². The number of urea groups is 1. The first-order chi connectivity index (χ1) is 17.2. The number of benzene rings is 3. The van der Waals surface area contributed by atoms with Crippen LogP contribution in [0, 0.1) is 13.8 Å². The molecule has 2 N–H and O–H groups in total. The van der Waals surface area contributed by atoms with Crippen LogP contribution in [0.3, 0.4) is 0 Å². The fraction of sp³-hybridized carbons (Fsp3) is 0.111. The standard InChI is InChI=1S/C27H22ClN3O5/c1-16-10-11-20(12-17(16)2)29-24(32)15-36-23-9-4-3-6-18(23)13-22-25(33)30-27(35)31(26(22)34)21-8-5-7-19(28)14-21/h3-14H,15H2,1-2H3,(H,29,32)(H,30,33,35)/b22-13+. The second-order valence-electron chi connectivity index (χ2n) is 8.11. The van der Waals surface area contributed by atoms with Crippen LogP contribution in [-0.2, 0) is 14.4 Å². The SMILES string of the molecule is Cc1ccc(NC(=O)COc2ccccc2/C=C2\C(=O)NC(=O)N(c3cccc(Cl)c3)C2=O)cc1C. The van der Waals surface area contributed by atoms with Gasteiger partial charge >= 0.3 is 6.03 Å². The van der Waals surface area contributed by atoms with E-state index in [9.17, 15) is 19.2 Å². The summed E-state index contributed by atoms with van der Waals surface area (Å²) in [4.78, 5) is 51.3. The van der Waals surface area contributed by atoms with Crippen LogP contribution in [0.5, 0.6) is 5.75 Å². The quantitative estimate of drug-likeness (QED) is 0.376. The van der Waals surface area contributed by atoms with E-state index in [-0.39, 0.29) is 29.5 Å². The van der Waals surface area contributed by atoms with E-state index in [1.165, 1.54) is 18.2 Å². The van der Waals surface area contributed by atoms with E-state index in [2.05, 4.69) is 10.6 Å². The lowest BCUT2D eigenvalue weighted by molar-refractivity contribution is -0.122. The van der Waals surface area contributed by atoms with Crippen LogP contribution in [0.2, 0.25) is 5.02 Å². The molecule has 1 fully saturated rings. The van der Waals surface area contributed by atoms with Crippen molar-refractivity contribution in [3.05, 3.63) is 94.0 Å². The van der Waals surface area contributed by atoms with Crippen molar-refractivity contribution in [1.29, 1.82) is 0 Å². The normalized spacial score (nSPS) is 14.6. The Labute approximate surface area is 212 Å². The Hall–Kier alpha value is -4.43. The predicted molar refractivity (Wildman–Crippen MR) is 137 cm³/mol. The zero-order valence-electron chi connectivity index (χ0n) is 19.5. The fourth-order valence-electron chi connectivity index (χ4n) is 3.55. The molecule has 36 heavy (non-hydrogen) atoms. The Bertz CT molecular complexity index is 1420. The van der Waals surface area contributed by atoms with Crippen molar-refractivity contribution < 1.29 is 23.9 Å². The lowest BCUT2D eigenvalue weighted by Gasteiger charge is -2.26. The Morgan fingerprint density at radius 3 is 2.53 bits per heavy atom. The summed E-state index contributed by atoms with van der Waals surface area (Å²) in [6, 6.07) is 17.5. The number of carbonyl (C=O) groups is 4. The van der Waals surface area contributed by atoms with Gasteiger partial charge in [-0.05, 0) is 67.4 Å². The van der Waals surface area contributed by atoms with Crippen molar-refractivity contribution >= 4 is 52.8 Å². The summed E-state index contributed by atoms with van der Waals surface area (Å²) in [6.07, 6.45) is 1.32. The minimum Gasteiger partial charge on any atom is -0.483 e. The highest BCUT2D eigenvalue weighted by Crippen LogP contribution is 2.27. The van der Waals surface area contributed by atoms with Crippen LogP contribution in [-0.4, -0.2) is 30.4 Å². The molecule has 9 heteroatoms. The van der Waals surface area contributed by atoms with E-state index in [1.807, 2.05) is 26.0 Å². The van der Waals surface area contributed by atoms with Gasteiger partial charge in [-0.2, -0.15) is 0 Å². The average Bonchev–Trinajstić information content (AvgIpc) is 2.83. The third kappa shape index (κ3) is 5.45. The molecule has 1 heterocycles. The monoisotopic (exact) mass is 503 g/mol. The molecular weight excluding hydrogens is 482 g/mol. The lowest BCUT2D eigenvalue weighted by Crippen LogP contribution is -2.54. The maximum Gasteiger partial charge on any atom is 0.335 e. The summed E-state index contributed by atoms with van der Waals surface area (Å²) in [5, 5.41) is 5.27. The predicted octanol–water partition coefficient (Wildman–Crippen LogP) is 4.64. The zero-order chi connectivity index (χ0) is 25.8. The third-order valence-electron chi connectivity index (χ3n) is 5.54. The van der Waals surface area contributed by atoms with Gasteiger partial charge in [0.1, 0.15) is 11.3 Å². The fourth-order valence-corrected chi connectivity index (χ4v) is 3.74. The molecule has 3 aromatic carbocycles. The molecule has 4 rings (SSSR count). The van der Waals surface area contributed by atoms with Crippen molar-refractivity contribution in [2.45, 2.75) is 13.8 Å². The van der Waals surface area contributed by atoms with Gasteiger partial charge in [0.05, 0.1) is 5.69 Å². The number of carbonyl (C=O) groups excluding carboxylic acids is 4. The number of hydrogen-bond donors (Lipinski definition) is 2. The van der Waals surface area contributed by atoms with Crippen LogP contribution in [0.15, 0.2) is 72.3 Å². The van der Waals surface area contributed by atoms with Crippen LogP contribution < -0.4 is 20.3 Å². The molecule has 1 aliphatic heterocycles. The van der Waals surface area contributed by atoms with Crippen LogP contribution in [0.4, 0.5) is 16.2 Å². The largest absolute Gasteiger partial charge is 0.483 e. The number of amides is 5. The molecule has 0 radical (unpaired) electrons. The number of nitrogens with zero attached hydrogens (tertiary/aromatic N) is 1. The summed E-state index contributed by atoms with van der Waals surface area (Å²) in [5.74, 6) is -1.74. The van der Waals surface area contributed by atoms with Gasteiger partial charge in [0, 0.05) is 16.3 Å². The van der Waals surface area contributed by atoms with E-state index >= 15 is 0 Å². The minimum atomic E-state index is -0.878. The van der Waals surface area contributed by atoms with Crippen molar-refractivity contribution in [2.75, 3.05) is 16.8 Å². The number of para-hydroxylation sites is 1. The molecular formula is C27H22ClN3O5. The molecule has 0 spiro atoms. The van der Waals surface area contributed by atoms with Gasteiger partial charge in [-0.1, -0.05) is 41.9 Å². The highest BCUT2D eigenvalue weighted by molar-refractivity contribution is 6.39. The molecule has 1 saturated heterocycles. The van der Waals surface area contributed by atoms with E-state index in [0.29, 0.717) is 16.3 Å². The number of imide groups is 2. The second-order valence-corrected chi connectivity index (χ2v) is 8.55. The molecule has 0 bridgehead atoms. The molecule has 0 unspecified atom stereocenters. The smallest absolute Gasteiger partial charge is 0.335 e. The van der Waals surface area contributed by atoms with Crippen LogP contribution >= 0.6 is 11.6 Å².